The van der Waals surface area contributed by atoms with Gasteiger partial charge in [0.1, 0.15) is 6.61 Å². The van der Waals surface area contributed by atoms with Gasteiger partial charge in [0.15, 0.2) is 0 Å². The van der Waals surface area contributed by atoms with E-state index in [-0.39, 0.29) is 12.6 Å². The van der Waals surface area contributed by atoms with Crippen LogP contribution in [0.1, 0.15) is 5.56 Å². The highest BCUT2D eigenvalue weighted by molar-refractivity contribution is 5.77. The van der Waals surface area contributed by atoms with E-state index >= 15 is 0 Å². The Bertz CT molecular complexity index is 300. The average molecular weight is 209 g/mol. The molecule has 0 radical (unpaired) electrons. The normalized spacial score (nSPS) is 12.1. The lowest BCUT2D eigenvalue weighted by molar-refractivity contribution is -0.124. The summed E-state index contributed by atoms with van der Waals surface area (Å²) in [5.41, 5.74) is 1.04. The number of carbonyl (C=O) groups is 1. The fourth-order valence-corrected chi connectivity index (χ4v) is 1.33. The zero-order valence-corrected chi connectivity index (χ0v) is 8.39. The molecule has 0 spiro atoms. The van der Waals surface area contributed by atoms with Gasteiger partial charge >= 0.3 is 0 Å². The molecule has 0 aliphatic carbocycles. The summed E-state index contributed by atoms with van der Waals surface area (Å²) >= 11 is 0. The van der Waals surface area contributed by atoms with Crippen LogP contribution >= 0.6 is 0 Å². The lowest BCUT2D eigenvalue weighted by atomic mass is 10.1. The molecule has 0 bridgehead atoms. The maximum Gasteiger partial charge on any atom is 0.246 e. The third-order valence-corrected chi connectivity index (χ3v) is 2.05. The molecule has 4 nitrogen and oxygen atoms in total. The Hall–Kier alpha value is -1.39. The van der Waals surface area contributed by atoms with Crippen molar-refractivity contribution >= 4 is 5.91 Å². The zero-order valence-electron chi connectivity index (χ0n) is 8.39. The van der Waals surface area contributed by atoms with E-state index in [0.717, 1.165) is 5.56 Å². The van der Waals surface area contributed by atoms with Gasteiger partial charge in [0.25, 0.3) is 0 Å². The van der Waals surface area contributed by atoms with Crippen LogP contribution in [0.3, 0.4) is 0 Å². The van der Waals surface area contributed by atoms with E-state index in [1.807, 2.05) is 30.3 Å². The molecule has 0 aromatic heterocycles. The molecule has 1 atom stereocenters. The summed E-state index contributed by atoms with van der Waals surface area (Å²) in [7, 11) is 0. The van der Waals surface area contributed by atoms with Crippen molar-refractivity contribution < 1.29 is 15.0 Å². The van der Waals surface area contributed by atoms with E-state index in [4.69, 9.17) is 10.2 Å². The molecule has 4 heteroatoms. The summed E-state index contributed by atoms with van der Waals surface area (Å²) in [6.45, 7) is -0.689. The van der Waals surface area contributed by atoms with Crippen LogP contribution in [0.25, 0.3) is 0 Å². The minimum Gasteiger partial charge on any atom is -0.394 e. The molecular weight excluding hydrogens is 194 g/mol. The summed E-state index contributed by atoms with van der Waals surface area (Å²) in [5, 5.41) is 20.1. The van der Waals surface area contributed by atoms with Gasteiger partial charge in [0.2, 0.25) is 5.91 Å². The third kappa shape index (κ3) is 4.10. The monoisotopic (exact) mass is 209 g/mol. The van der Waals surface area contributed by atoms with E-state index in [1.165, 1.54) is 0 Å². The van der Waals surface area contributed by atoms with Gasteiger partial charge in [-0.1, -0.05) is 30.3 Å². The van der Waals surface area contributed by atoms with Crippen LogP contribution in [0.2, 0.25) is 0 Å². The summed E-state index contributed by atoms with van der Waals surface area (Å²) in [6, 6.07) is 9.22. The van der Waals surface area contributed by atoms with Gasteiger partial charge in [-0.25, -0.2) is 0 Å². The molecule has 3 N–H and O–H groups in total. The van der Waals surface area contributed by atoms with Gasteiger partial charge in [-0.3, -0.25) is 4.79 Å². The van der Waals surface area contributed by atoms with Crippen LogP contribution in [0.4, 0.5) is 0 Å². The minimum atomic E-state index is -0.550. The molecule has 1 rings (SSSR count). The number of aliphatic hydroxyl groups excluding tert-OH is 2. The highest BCUT2D eigenvalue weighted by atomic mass is 16.3. The first kappa shape index (κ1) is 11.7. The standard InChI is InChI=1S/C11H15NO3/c13-7-10(12-11(15)8-14)6-9-4-2-1-3-5-9/h1-5,10,13-14H,6-8H2,(H,12,15). The largest absolute Gasteiger partial charge is 0.394 e. The first-order chi connectivity index (χ1) is 7.26. The number of amides is 1. The number of benzene rings is 1. The van der Waals surface area contributed by atoms with Crippen molar-refractivity contribution in [3.05, 3.63) is 35.9 Å². The molecule has 82 valence electrons. The molecule has 0 saturated heterocycles. The zero-order chi connectivity index (χ0) is 11.1. The van der Waals surface area contributed by atoms with E-state index in [2.05, 4.69) is 5.32 Å². The Morgan fingerprint density at radius 3 is 2.47 bits per heavy atom. The Morgan fingerprint density at radius 1 is 1.27 bits per heavy atom. The summed E-state index contributed by atoms with van der Waals surface area (Å²) in [6.07, 6.45) is 0.559. The summed E-state index contributed by atoms with van der Waals surface area (Å²) in [5.74, 6) is -0.468. The van der Waals surface area contributed by atoms with Gasteiger partial charge in [-0.15, -0.1) is 0 Å². The molecular formula is C11H15NO3. The third-order valence-electron chi connectivity index (χ3n) is 2.05. The van der Waals surface area contributed by atoms with Gasteiger partial charge in [-0.2, -0.15) is 0 Å². The van der Waals surface area contributed by atoms with Gasteiger partial charge < -0.3 is 15.5 Å². The number of carbonyl (C=O) groups excluding carboxylic acids is 1. The van der Waals surface area contributed by atoms with Crippen LogP contribution < -0.4 is 5.32 Å². The molecule has 0 aliphatic heterocycles. The van der Waals surface area contributed by atoms with E-state index in [1.54, 1.807) is 0 Å². The number of nitrogens with one attached hydrogen (secondary N) is 1. The second-order valence-corrected chi connectivity index (χ2v) is 3.29. The van der Waals surface area contributed by atoms with Crippen LogP contribution in [0.15, 0.2) is 30.3 Å². The molecule has 1 aromatic carbocycles. The Labute approximate surface area is 88.6 Å². The second kappa shape index (κ2) is 6.16. The molecule has 1 aromatic rings. The second-order valence-electron chi connectivity index (χ2n) is 3.29. The van der Waals surface area contributed by atoms with Crippen LogP contribution in [-0.4, -0.2) is 35.4 Å². The van der Waals surface area contributed by atoms with Crippen LogP contribution in [0.5, 0.6) is 0 Å². The number of aliphatic hydroxyl groups is 2. The van der Waals surface area contributed by atoms with Crippen LogP contribution in [-0.2, 0) is 11.2 Å². The first-order valence-corrected chi connectivity index (χ1v) is 4.81. The predicted octanol–water partition coefficient (Wildman–Crippen LogP) is -0.302. The van der Waals surface area contributed by atoms with Crippen LogP contribution in [0, 0.1) is 0 Å². The molecule has 1 unspecified atom stereocenters. The van der Waals surface area contributed by atoms with Gasteiger partial charge in [0.05, 0.1) is 12.6 Å². The summed E-state index contributed by atoms with van der Waals surface area (Å²) in [4.78, 5) is 10.9. The van der Waals surface area contributed by atoms with Crippen molar-refractivity contribution in [1.29, 1.82) is 0 Å². The van der Waals surface area contributed by atoms with Gasteiger partial charge in [-0.05, 0) is 12.0 Å². The van der Waals surface area contributed by atoms with Crippen molar-refractivity contribution in [1.82, 2.24) is 5.32 Å². The topological polar surface area (TPSA) is 69.6 Å². The molecule has 0 fully saturated rings. The SMILES string of the molecule is O=C(CO)NC(CO)Cc1ccccc1. The van der Waals surface area contributed by atoms with Crippen molar-refractivity contribution in [3.63, 3.8) is 0 Å². The minimum absolute atomic E-state index is 0.138. The van der Waals surface area contributed by atoms with Crippen molar-refractivity contribution in [3.8, 4) is 0 Å². The molecule has 15 heavy (non-hydrogen) atoms. The van der Waals surface area contributed by atoms with Gasteiger partial charge in [0, 0.05) is 0 Å². The van der Waals surface area contributed by atoms with Crippen molar-refractivity contribution in [2.24, 2.45) is 0 Å². The Balaban J connectivity index is 2.50. The lowest BCUT2D eigenvalue weighted by Crippen LogP contribution is -2.40. The Kier molecular flexibility index (Phi) is 4.80. The molecule has 0 saturated carbocycles. The highest BCUT2D eigenvalue weighted by Gasteiger charge is 2.10. The molecule has 0 heterocycles. The van der Waals surface area contributed by atoms with E-state index in [0.29, 0.717) is 6.42 Å². The molecule has 0 aliphatic rings. The fraction of sp³-hybridized carbons (Fsp3) is 0.364. The number of rotatable bonds is 5. The fourth-order valence-electron chi connectivity index (χ4n) is 1.33. The first-order valence-electron chi connectivity index (χ1n) is 4.81. The number of hydrogen-bond donors (Lipinski definition) is 3. The van der Waals surface area contributed by atoms with Crippen molar-refractivity contribution in [2.75, 3.05) is 13.2 Å². The van der Waals surface area contributed by atoms with E-state index < -0.39 is 12.5 Å². The number of hydrogen-bond acceptors (Lipinski definition) is 3. The highest BCUT2D eigenvalue weighted by Crippen LogP contribution is 2.02. The lowest BCUT2D eigenvalue weighted by Gasteiger charge is -2.15. The summed E-state index contributed by atoms with van der Waals surface area (Å²) < 4.78 is 0. The maximum atomic E-state index is 10.9. The van der Waals surface area contributed by atoms with Crippen molar-refractivity contribution in [2.45, 2.75) is 12.5 Å². The quantitative estimate of drug-likeness (QED) is 0.623. The maximum absolute atomic E-state index is 10.9. The average Bonchev–Trinajstić information content (AvgIpc) is 2.29. The molecule has 1 amide bonds. The van der Waals surface area contributed by atoms with E-state index in [9.17, 15) is 4.79 Å². The predicted molar refractivity (Wildman–Crippen MR) is 56.2 cm³/mol. The smallest absolute Gasteiger partial charge is 0.246 e. The Morgan fingerprint density at radius 2 is 1.93 bits per heavy atom.